The Labute approximate surface area is 167 Å². The first-order valence-corrected chi connectivity index (χ1v) is 10.4. The lowest BCUT2D eigenvalue weighted by Gasteiger charge is -2.19. The van der Waals surface area contributed by atoms with Gasteiger partial charge in [-0.05, 0) is 25.8 Å². The molecular weight excluding hydrogens is 384 g/mol. The van der Waals surface area contributed by atoms with E-state index >= 15 is 0 Å². The predicted octanol–water partition coefficient (Wildman–Crippen LogP) is 4.76. The Bertz CT molecular complexity index is 878. The van der Waals surface area contributed by atoms with Crippen LogP contribution in [-0.2, 0) is 9.63 Å². The van der Waals surface area contributed by atoms with E-state index in [4.69, 9.17) is 16.4 Å². The van der Waals surface area contributed by atoms with Crippen LogP contribution < -0.4 is 5.32 Å². The molecule has 1 atom stereocenters. The van der Waals surface area contributed by atoms with E-state index in [9.17, 15) is 4.79 Å². The minimum Gasteiger partial charge on any atom is -0.379 e. The summed E-state index contributed by atoms with van der Waals surface area (Å²) >= 11 is 7.69. The number of rotatable bonds is 4. The standard InChI is InChI=1S/C19H21ClN4O2S/c1-19(11-15(24-26-19)13-9-5-6-10-14(13)20)17(25)21-18-23-22-16(27-18)12-7-3-2-4-8-12/h5-6,9-10,12H,2-4,7-8,11H2,1H3,(H,21,23,25). The number of nitrogens with one attached hydrogen (secondary N) is 1. The number of aromatic nitrogens is 2. The molecule has 1 amide bonds. The highest BCUT2D eigenvalue weighted by molar-refractivity contribution is 7.15. The predicted molar refractivity (Wildman–Crippen MR) is 106 cm³/mol. The van der Waals surface area contributed by atoms with Gasteiger partial charge in [0.2, 0.25) is 10.7 Å². The zero-order chi connectivity index (χ0) is 18.9. The van der Waals surface area contributed by atoms with Crippen molar-refractivity contribution >= 4 is 39.7 Å². The molecule has 1 N–H and O–H groups in total. The van der Waals surface area contributed by atoms with Gasteiger partial charge in [-0.2, -0.15) is 0 Å². The zero-order valence-corrected chi connectivity index (χ0v) is 16.6. The molecule has 1 aliphatic heterocycles. The van der Waals surface area contributed by atoms with Crippen LogP contribution in [0.5, 0.6) is 0 Å². The molecule has 2 heterocycles. The van der Waals surface area contributed by atoms with Crippen molar-refractivity contribution in [3.8, 4) is 0 Å². The molecule has 0 bridgehead atoms. The van der Waals surface area contributed by atoms with Crippen LogP contribution in [0, 0.1) is 0 Å². The molecular formula is C19H21ClN4O2S. The third-order valence-electron chi connectivity index (χ3n) is 5.14. The average Bonchev–Trinajstić information content (AvgIpc) is 3.31. The minimum absolute atomic E-state index is 0.278. The van der Waals surface area contributed by atoms with Crippen LogP contribution in [0.2, 0.25) is 5.02 Å². The van der Waals surface area contributed by atoms with Crippen LogP contribution >= 0.6 is 22.9 Å². The van der Waals surface area contributed by atoms with E-state index in [0.717, 1.165) is 23.4 Å². The second kappa shape index (κ2) is 7.56. The molecule has 1 saturated carbocycles. The van der Waals surface area contributed by atoms with Crippen molar-refractivity contribution in [2.75, 3.05) is 5.32 Å². The molecule has 0 saturated heterocycles. The van der Waals surface area contributed by atoms with Crippen molar-refractivity contribution in [2.24, 2.45) is 5.16 Å². The van der Waals surface area contributed by atoms with Gasteiger partial charge in [0.15, 0.2) is 0 Å². The molecule has 1 unspecified atom stereocenters. The zero-order valence-electron chi connectivity index (χ0n) is 15.1. The number of anilines is 1. The average molecular weight is 405 g/mol. The summed E-state index contributed by atoms with van der Waals surface area (Å²) in [5.41, 5.74) is 0.357. The van der Waals surface area contributed by atoms with Crippen molar-refractivity contribution < 1.29 is 9.63 Å². The molecule has 1 aromatic carbocycles. The Kier molecular flexibility index (Phi) is 5.14. The van der Waals surface area contributed by atoms with E-state index in [-0.39, 0.29) is 5.91 Å². The Balaban J connectivity index is 1.42. The van der Waals surface area contributed by atoms with Crippen LogP contribution in [0.15, 0.2) is 29.4 Å². The number of halogens is 1. The Morgan fingerprint density at radius 3 is 2.81 bits per heavy atom. The molecule has 142 valence electrons. The number of carbonyl (C=O) groups is 1. The number of hydrogen-bond donors (Lipinski definition) is 1. The maximum Gasteiger partial charge on any atom is 0.273 e. The van der Waals surface area contributed by atoms with Gasteiger partial charge in [0, 0.05) is 22.9 Å². The van der Waals surface area contributed by atoms with Gasteiger partial charge in [0.05, 0.1) is 5.71 Å². The van der Waals surface area contributed by atoms with Gasteiger partial charge in [0.25, 0.3) is 5.91 Å². The summed E-state index contributed by atoms with van der Waals surface area (Å²) < 4.78 is 0. The second-order valence-electron chi connectivity index (χ2n) is 7.25. The SMILES string of the molecule is CC1(C(=O)Nc2nnc(C3CCCCC3)s2)CC(c2ccccc2Cl)=NO1. The second-order valence-corrected chi connectivity index (χ2v) is 8.67. The summed E-state index contributed by atoms with van der Waals surface area (Å²) in [7, 11) is 0. The van der Waals surface area contributed by atoms with Crippen molar-refractivity contribution in [2.45, 2.75) is 57.0 Å². The maximum absolute atomic E-state index is 12.8. The fraction of sp³-hybridized carbons (Fsp3) is 0.474. The van der Waals surface area contributed by atoms with E-state index in [2.05, 4.69) is 20.7 Å². The molecule has 2 aromatic rings. The van der Waals surface area contributed by atoms with Gasteiger partial charge >= 0.3 is 0 Å². The number of amides is 1. The van der Waals surface area contributed by atoms with E-state index < -0.39 is 5.60 Å². The third kappa shape index (κ3) is 3.84. The highest BCUT2D eigenvalue weighted by atomic mass is 35.5. The molecule has 0 radical (unpaired) electrons. The lowest BCUT2D eigenvalue weighted by atomic mass is 9.90. The molecule has 1 fully saturated rings. The quantitative estimate of drug-likeness (QED) is 0.796. The minimum atomic E-state index is -1.09. The number of hydrogen-bond acceptors (Lipinski definition) is 6. The largest absolute Gasteiger partial charge is 0.379 e. The van der Waals surface area contributed by atoms with E-state index in [1.807, 2.05) is 18.2 Å². The molecule has 0 spiro atoms. The molecule has 4 rings (SSSR count). The van der Waals surface area contributed by atoms with Crippen LogP contribution in [0.25, 0.3) is 0 Å². The van der Waals surface area contributed by atoms with Crippen molar-refractivity contribution in [3.63, 3.8) is 0 Å². The van der Waals surface area contributed by atoms with Gasteiger partial charge in [-0.25, -0.2) is 0 Å². The molecule has 1 aromatic heterocycles. The number of nitrogens with zero attached hydrogens (tertiary/aromatic N) is 3. The van der Waals surface area contributed by atoms with Gasteiger partial charge in [-0.1, -0.05) is 65.6 Å². The van der Waals surface area contributed by atoms with Crippen LogP contribution in [-0.4, -0.2) is 27.4 Å². The summed E-state index contributed by atoms with van der Waals surface area (Å²) in [6, 6.07) is 7.40. The van der Waals surface area contributed by atoms with Gasteiger partial charge in [-0.15, -0.1) is 10.2 Å². The summed E-state index contributed by atoms with van der Waals surface area (Å²) in [6.45, 7) is 1.72. The van der Waals surface area contributed by atoms with Crippen molar-refractivity contribution in [1.29, 1.82) is 0 Å². The van der Waals surface area contributed by atoms with Crippen LogP contribution in [0.4, 0.5) is 5.13 Å². The first kappa shape index (κ1) is 18.4. The molecule has 6 nitrogen and oxygen atoms in total. The third-order valence-corrected chi connectivity index (χ3v) is 6.47. The number of oxime groups is 1. The molecule has 27 heavy (non-hydrogen) atoms. The van der Waals surface area contributed by atoms with Crippen molar-refractivity contribution in [1.82, 2.24) is 10.2 Å². The first-order valence-electron chi connectivity index (χ1n) is 9.20. The molecule has 2 aliphatic rings. The first-order chi connectivity index (χ1) is 13.0. The van der Waals surface area contributed by atoms with Gasteiger partial charge < -0.3 is 4.84 Å². The Morgan fingerprint density at radius 1 is 1.26 bits per heavy atom. The summed E-state index contributed by atoms with van der Waals surface area (Å²) in [5.74, 6) is 0.190. The van der Waals surface area contributed by atoms with E-state index in [1.165, 1.54) is 30.6 Å². The summed E-state index contributed by atoms with van der Waals surface area (Å²) in [5, 5.41) is 17.5. The van der Waals surface area contributed by atoms with Gasteiger partial charge in [-0.3, -0.25) is 10.1 Å². The highest BCUT2D eigenvalue weighted by Gasteiger charge is 2.43. The molecule has 1 aliphatic carbocycles. The normalized spacial score (nSPS) is 23.0. The number of carbonyl (C=O) groups excluding carboxylic acids is 1. The number of benzene rings is 1. The lowest BCUT2D eigenvalue weighted by Crippen LogP contribution is -2.40. The van der Waals surface area contributed by atoms with E-state index in [0.29, 0.717) is 28.2 Å². The highest BCUT2D eigenvalue weighted by Crippen LogP contribution is 2.36. The fourth-order valence-corrected chi connectivity index (χ4v) is 4.68. The maximum atomic E-state index is 12.8. The monoisotopic (exact) mass is 404 g/mol. The smallest absolute Gasteiger partial charge is 0.273 e. The van der Waals surface area contributed by atoms with Crippen molar-refractivity contribution in [3.05, 3.63) is 39.9 Å². The van der Waals surface area contributed by atoms with E-state index in [1.54, 1.807) is 13.0 Å². The Hall–Kier alpha value is -1.99. The van der Waals surface area contributed by atoms with Gasteiger partial charge in [0.1, 0.15) is 5.01 Å². The Morgan fingerprint density at radius 2 is 2.04 bits per heavy atom. The fourth-order valence-electron chi connectivity index (χ4n) is 3.53. The topological polar surface area (TPSA) is 76.5 Å². The van der Waals surface area contributed by atoms with Crippen LogP contribution in [0.3, 0.4) is 0 Å². The molecule has 8 heteroatoms. The lowest BCUT2D eigenvalue weighted by molar-refractivity contribution is -0.135. The summed E-state index contributed by atoms with van der Waals surface area (Å²) in [6.07, 6.45) is 6.41. The summed E-state index contributed by atoms with van der Waals surface area (Å²) in [4.78, 5) is 18.3. The van der Waals surface area contributed by atoms with Crippen LogP contribution in [0.1, 0.15) is 61.9 Å².